The summed E-state index contributed by atoms with van der Waals surface area (Å²) in [4.78, 5) is 4.19. The van der Waals surface area contributed by atoms with Crippen molar-refractivity contribution in [1.29, 1.82) is 0 Å². The van der Waals surface area contributed by atoms with Gasteiger partial charge in [-0.05, 0) is 24.6 Å². The molecule has 1 atom stereocenters. The topological polar surface area (TPSA) is 64.1 Å². The van der Waals surface area contributed by atoms with Crippen molar-refractivity contribution in [2.45, 2.75) is 19.5 Å². The highest BCUT2D eigenvalue weighted by Gasteiger charge is 2.17. The van der Waals surface area contributed by atoms with E-state index in [2.05, 4.69) is 27.6 Å². The second-order valence-electron chi connectivity index (χ2n) is 4.48. The van der Waals surface area contributed by atoms with Gasteiger partial charge in [0.2, 0.25) is 5.89 Å². The molecule has 1 unspecified atom stereocenters. The Balaban J connectivity index is 1.80. The van der Waals surface area contributed by atoms with Crippen molar-refractivity contribution < 1.29 is 8.94 Å². The lowest BCUT2D eigenvalue weighted by atomic mass is 10.0. The number of hydrogen-bond acceptors (Lipinski definition) is 5. The Hall–Kier alpha value is -2.40. The molecule has 0 aliphatic carbocycles. The van der Waals surface area contributed by atoms with Crippen LogP contribution >= 0.6 is 0 Å². The van der Waals surface area contributed by atoms with E-state index < -0.39 is 0 Å². The zero-order chi connectivity index (χ0) is 13.8. The predicted molar refractivity (Wildman–Crippen MR) is 72.9 cm³/mol. The minimum absolute atomic E-state index is 0.0431. The quantitative estimate of drug-likeness (QED) is 0.771. The normalized spacial score (nSPS) is 12.4. The van der Waals surface area contributed by atoms with Crippen LogP contribution in [0.1, 0.15) is 29.1 Å². The van der Waals surface area contributed by atoms with Crippen molar-refractivity contribution >= 4 is 0 Å². The van der Waals surface area contributed by atoms with Crippen molar-refractivity contribution in [3.05, 3.63) is 71.8 Å². The first-order valence-electron chi connectivity index (χ1n) is 6.44. The van der Waals surface area contributed by atoms with Crippen LogP contribution in [-0.4, -0.2) is 10.1 Å². The number of nitrogens with zero attached hydrogens (tertiary/aromatic N) is 2. The van der Waals surface area contributed by atoms with Gasteiger partial charge in [-0.1, -0.05) is 35.5 Å². The summed E-state index contributed by atoms with van der Waals surface area (Å²) in [6.45, 7) is 2.29. The third-order valence-corrected chi connectivity index (χ3v) is 2.99. The second kappa shape index (κ2) is 5.71. The van der Waals surface area contributed by atoms with Crippen LogP contribution < -0.4 is 5.32 Å². The fraction of sp³-hybridized carbons (Fsp3) is 0.200. The molecule has 102 valence electrons. The van der Waals surface area contributed by atoms with E-state index in [1.54, 1.807) is 13.2 Å². The molecule has 0 aliphatic heterocycles. The Bertz CT molecular complexity index is 647. The molecule has 2 heterocycles. The molecule has 0 bridgehead atoms. The summed E-state index contributed by atoms with van der Waals surface area (Å²) in [6, 6.07) is 13.9. The minimum atomic E-state index is -0.0431. The molecule has 2 aromatic heterocycles. The first-order valence-corrected chi connectivity index (χ1v) is 6.44. The van der Waals surface area contributed by atoms with Crippen LogP contribution in [0.25, 0.3) is 0 Å². The summed E-state index contributed by atoms with van der Waals surface area (Å²) in [5.74, 6) is 2.05. The maximum Gasteiger partial charge on any atom is 0.240 e. The fourth-order valence-electron chi connectivity index (χ4n) is 2.08. The Labute approximate surface area is 116 Å². The van der Waals surface area contributed by atoms with Gasteiger partial charge >= 0.3 is 0 Å². The van der Waals surface area contributed by atoms with Crippen LogP contribution in [0.3, 0.4) is 0 Å². The van der Waals surface area contributed by atoms with Gasteiger partial charge in [-0.15, -0.1) is 0 Å². The smallest absolute Gasteiger partial charge is 0.240 e. The molecule has 1 N–H and O–H groups in total. The largest absolute Gasteiger partial charge is 0.467 e. The summed E-state index contributed by atoms with van der Waals surface area (Å²) in [6.07, 6.45) is 1.67. The number of benzene rings is 1. The average molecular weight is 269 g/mol. The lowest BCUT2D eigenvalue weighted by Crippen LogP contribution is -2.21. The van der Waals surface area contributed by atoms with E-state index >= 15 is 0 Å². The van der Waals surface area contributed by atoms with Crippen LogP contribution in [0.4, 0.5) is 0 Å². The van der Waals surface area contributed by atoms with Crippen molar-refractivity contribution in [2.24, 2.45) is 0 Å². The SMILES string of the molecule is Cc1noc(CNC(c2ccccc2)c2ccco2)n1. The lowest BCUT2D eigenvalue weighted by Gasteiger charge is -2.15. The molecule has 0 radical (unpaired) electrons. The average Bonchev–Trinajstić information content (AvgIpc) is 3.12. The van der Waals surface area contributed by atoms with E-state index in [1.807, 2.05) is 30.3 Å². The molecule has 0 aliphatic rings. The summed E-state index contributed by atoms with van der Waals surface area (Å²) in [5, 5.41) is 7.16. The fourth-order valence-corrected chi connectivity index (χ4v) is 2.08. The number of aryl methyl sites for hydroxylation is 1. The molecular weight excluding hydrogens is 254 g/mol. The molecule has 1 aromatic carbocycles. The van der Waals surface area contributed by atoms with Crippen LogP contribution in [0, 0.1) is 6.92 Å². The van der Waals surface area contributed by atoms with Gasteiger partial charge in [0.25, 0.3) is 0 Å². The molecule has 3 rings (SSSR count). The standard InChI is InChI=1S/C15H15N3O2/c1-11-17-14(20-18-11)10-16-15(13-8-5-9-19-13)12-6-3-2-4-7-12/h2-9,15-16H,10H2,1H3. The third kappa shape index (κ3) is 2.78. The van der Waals surface area contributed by atoms with E-state index in [0.717, 1.165) is 11.3 Å². The molecule has 0 spiro atoms. The molecule has 0 amide bonds. The van der Waals surface area contributed by atoms with Gasteiger partial charge < -0.3 is 8.94 Å². The minimum Gasteiger partial charge on any atom is -0.467 e. The van der Waals surface area contributed by atoms with Crippen molar-refractivity contribution in [1.82, 2.24) is 15.5 Å². The summed E-state index contributed by atoms with van der Waals surface area (Å²) in [7, 11) is 0. The maximum atomic E-state index is 5.51. The number of furan rings is 1. The Morgan fingerprint density at radius 3 is 2.65 bits per heavy atom. The van der Waals surface area contributed by atoms with Crippen LogP contribution in [0.15, 0.2) is 57.7 Å². The van der Waals surface area contributed by atoms with Gasteiger partial charge in [0.1, 0.15) is 5.76 Å². The number of aromatic nitrogens is 2. The maximum absolute atomic E-state index is 5.51. The van der Waals surface area contributed by atoms with Crippen molar-refractivity contribution in [2.75, 3.05) is 0 Å². The molecule has 20 heavy (non-hydrogen) atoms. The van der Waals surface area contributed by atoms with Gasteiger partial charge in [0, 0.05) is 0 Å². The summed E-state index contributed by atoms with van der Waals surface area (Å²) >= 11 is 0. The van der Waals surface area contributed by atoms with E-state index in [4.69, 9.17) is 8.94 Å². The van der Waals surface area contributed by atoms with E-state index in [9.17, 15) is 0 Å². The molecule has 0 saturated carbocycles. The number of nitrogens with one attached hydrogen (secondary N) is 1. The Kier molecular flexibility index (Phi) is 3.60. The first-order chi connectivity index (χ1) is 9.83. The highest BCUT2D eigenvalue weighted by Crippen LogP contribution is 2.22. The van der Waals surface area contributed by atoms with E-state index in [-0.39, 0.29) is 6.04 Å². The highest BCUT2D eigenvalue weighted by molar-refractivity contribution is 5.26. The van der Waals surface area contributed by atoms with Crippen LogP contribution in [-0.2, 0) is 6.54 Å². The van der Waals surface area contributed by atoms with Crippen LogP contribution in [0.5, 0.6) is 0 Å². The molecule has 5 heteroatoms. The van der Waals surface area contributed by atoms with E-state index in [0.29, 0.717) is 18.3 Å². The summed E-state index contributed by atoms with van der Waals surface area (Å²) < 4.78 is 10.6. The third-order valence-electron chi connectivity index (χ3n) is 2.99. The number of hydrogen-bond donors (Lipinski definition) is 1. The van der Waals surface area contributed by atoms with Crippen molar-refractivity contribution in [3.8, 4) is 0 Å². The van der Waals surface area contributed by atoms with Crippen molar-refractivity contribution in [3.63, 3.8) is 0 Å². The monoisotopic (exact) mass is 269 g/mol. The van der Waals surface area contributed by atoms with Gasteiger partial charge in [-0.25, -0.2) is 0 Å². The Morgan fingerprint density at radius 2 is 2.00 bits per heavy atom. The molecule has 5 nitrogen and oxygen atoms in total. The number of rotatable bonds is 5. The van der Waals surface area contributed by atoms with Gasteiger partial charge in [0.05, 0.1) is 18.8 Å². The van der Waals surface area contributed by atoms with Gasteiger partial charge in [0.15, 0.2) is 5.82 Å². The summed E-state index contributed by atoms with van der Waals surface area (Å²) in [5.41, 5.74) is 1.12. The first kappa shape index (κ1) is 12.6. The lowest BCUT2D eigenvalue weighted by molar-refractivity contribution is 0.352. The molecule has 3 aromatic rings. The highest BCUT2D eigenvalue weighted by atomic mass is 16.5. The Morgan fingerprint density at radius 1 is 1.15 bits per heavy atom. The van der Waals surface area contributed by atoms with Gasteiger partial charge in [-0.3, -0.25) is 5.32 Å². The predicted octanol–water partition coefficient (Wildman–Crippen LogP) is 2.85. The molecule has 0 saturated heterocycles. The zero-order valence-corrected chi connectivity index (χ0v) is 11.1. The van der Waals surface area contributed by atoms with E-state index in [1.165, 1.54) is 0 Å². The van der Waals surface area contributed by atoms with Crippen LogP contribution in [0.2, 0.25) is 0 Å². The molecule has 0 fully saturated rings. The molecular formula is C15H15N3O2. The van der Waals surface area contributed by atoms with Gasteiger partial charge in [-0.2, -0.15) is 4.98 Å². The second-order valence-corrected chi connectivity index (χ2v) is 4.48. The zero-order valence-electron chi connectivity index (χ0n) is 11.1.